The molecule has 1 aromatic rings. The molecule has 0 aromatic heterocycles. The Morgan fingerprint density at radius 2 is 2.10 bits per heavy atom. The van der Waals surface area contributed by atoms with Crippen LogP contribution in [0.15, 0.2) is 23.1 Å². The number of nitrogens with zero attached hydrogens (tertiary/aromatic N) is 1. The zero-order chi connectivity index (χ0) is 15.4. The van der Waals surface area contributed by atoms with Crippen molar-refractivity contribution in [3.8, 4) is 11.8 Å². The number of hydrogen-bond donors (Lipinski definition) is 1. The molecule has 0 aliphatic carbocycles. The van der Waals surface area contributed by atoms with Crippen molar-refractivity contribution >= 4 is 21.6 Å². The zero-order valence-corrected chi connectivity index (χ0v) is 13.0. The van der Waals surface area contributed by atoms with Crippen molar-refractivity contribution in [3.63, 3.8) is 0 Å². The SMILES string of the molecule is CC(C)(C#N)CCCOc1ccc(Cl)cc1S(N)(=O)=O. The van der Waals surface area contributed by atoms with Crippen LogP contribution in [-0.4, -0.2) is 15.0 Å². The first-order valence-corrected chi connectivity index (χ1v) is 7.94. The van der Waals surface area contributed by atoms with Crippen LogP contribution in [-0.2, 0) is 10.0 Å². The molecule has 0 unspecified atom stereocenters. The highest BCUT2D eigenvalue weighted by molar-refractivity contribution is 7.89. The molecular formula is C13H17ClN2O3S. The molecule has 2 N–H and O–H groups in total. The van der Waals surface area contributed by atoms with Crippen molar-refractivity contribution in [2.24, 2.45) is 10.6 Å². The van der Waals surface area contributed by atoms with Crippen LogP contribution >= 0.6 is 11.6 Å². The van der Waals surface area contributed by atoms with Gasteiger partial charge < -0.3 is 4.74 Å². The Hall–Kier alpha value is -1.29. The number of hydrogen-bond acceptors (Lipinski definition) is 4. The van der Waals surface area contributed by atoms with Crippen LogP contribution in [0, 0.1) is 16.7 Å². The van der Waals surface area contributed by atoms with Gasteiger partial charge in [0.25, 0.3) is 0 Å². The molecule has 0 amide bonds. The van der Waals surface area contributed by atoms with Gasteiger partial charge in [-0.2, -0.15) is 5.26 Å². The molecule has 0 saturated carbocycles. The second-order valence-electron chi connectivity index (χ2n) is 5.08. The minimum Gasteiger partial charge on any atom is -0.492 e. The van der Waals surface area contributed by atoms with E-state index < -0.39 is 15.4 Å². The Bertz CT molecular complexity index is 621. The van der Waals surface area contributed by atoms with Crippen LogP contribution in [0.25, 0.3) is 0 Å². The van der Waals surface area contributed by atoms with Gasteiger partial charge >= 0.3 is 0 Å². The van der Waals surface area contributed by atoms with Crippen LogP contribution in [0.2, 0.25) is 5.02 Å². The summed E-state index contributed by atoms with van der Waals surface area (Å²) in [5, 5.41) is 14.3. The van der Waals surface area contributed by atoms with Gasteiger partial charge in [0, 0.05) is 5.02 Å². The maximum atomic E-state index is 11.4. The number of nitriles is 1. The lowest BCUT2D eigenvalue weighted by molar-refractivity contribution is 0.278. The first-order chi connectivity index (χ1) is 9.15. The largest absolute Gasteiger partial charge is 0.492 e. The van der Waals surface area contributed by atoms with Crippen molar-refractivity contribution in [3.05, 3.63) is 23.2 Å². The minimum atomic E-state index is -3.89. The van der Waals surface area contributed by atoms with E-state index in [0.717, 1.165) is 0 Å². The van der Waals surface area contributed by atoms with E-state index in [2.05, 4.69) is 6.07 Å². The van der Waals surface area contributed by atoms with Crippen molar-refractivity contribution in [2.75, 3.05) is 6.61 Å². The van der Waals surface area contributed by atoms with Gasteiger partial charge in [0.2, 0.25) is 10.0 Å². The summed E-state index contributed by atoms with van der Waals surface area (Å²) in [6.07, 6.45) is 1.29. The third kappa shape index (κ3) is 5.00. The number of benzene rings is 1. The quantitative estimate of drug-likeness (QED) is 0.816. The van der Waals surface area contributed by atoms with E-state index in [0.29, 0.717) is 19.4 Å². The summed E-state index contributed by atoms with van der Waals surface area (Å²) in [5.41, 5.74) is -0.424. The van der Waals surface area contributed by atoms with Crippen LogP contribution in [0.1, 0.15) is 26.7 Å². The average Bonchev–Trinajstić information content (AvgIpc) is 2.35. The Morgan fingerprint density at radius 1 is 1.45 bits per heavy atom. The number of sulfonamides is 1. The molecule has 0 atom stereocenters. The Labute approximate surface area is 124 Å². The summed E-state index contributed by atoms with van der Waals surface area (Å²) in [6.45, 7) is 3.98. The third-order valence-corrected chi connectivity index (χ3v) is 3.89. The number of ether oxygens (including phenoxy) is 1. The first kappa shape index (κ1) is 16.8. The standard InChI is InChI=1S/C13H17ClN2O3S/c1-13(2,9-15)6-3-7-19-11-5-4-10(14)8-12(11)20(16,17)18/h4-5,8H,3,6-7H2,1-2H3,(H2,16,17,18). The fourth-order valence-corrected chi connectivity index (χ4v) is 2.51. The number of nitrogens with two attached hydrogens (primary N) is 1. The molecule has 20 heavy (non-hydrogen) atoms. The molecule has 0 aliphatic heterocycles. The lowest BCUT2D eigenvalue weighted by Gasteiger charge is -2.15. The summed E-state index contributed by atoms with van der Waals surface area (Å²) < 4.78 is 28.3. The van der Waals surface area contributed by atoms with Crippen molar-refractivity contribution in [1.82, 2.24) is 0 Å². The lowest BCUT2D eigenvalue weighted by atomic mass is 9.90. The molecule has 0 radical (unpaired) electrons. The van der Waals surface area contributed by atoms with Crippen molar-refractivity contribution in [2.45, 2.75) is 31.6 Å². The number of rotatable bonds is 6. The van der Waals surface area contributed by atoms with E-state index in [1.807, 2.05) is 13.8 Å². The number of primary sulfonamides is 1. The van der Waals surface area contributed by atoms with Gasteiger partial charge in [-0.15, -0.1) is 0 Å². The molecule has 0 fully saturated rings. The van der Waals surface area contributed by atoms with E-state index >= 15 is 0 Å². The molecule has 110 valence electrons. The maximum absolute atomic E-state index is 11.4. The predicted molar refractivity (Wildman–Crippen MR) is 76.9 cm³/mol. The van der Waals surface area contributed by atoms with E-state index in [1.54, 1.807) is 0 Å². The third-order valence-electron chi connectivity index (χ3n) is 2.72. The molecule has 7 heteroatoms. The fraction of sp³-hybridized carbons (Fsp3) is 0.462. The minimum absolute atomic E-state index is 0.135. The van der Waals surface area contributed by atoms with Crippen molar-refractivity contribution in [1.29, 1.82) is 5.26 Å². The van der Waals surface area contributed by atoms with Crippen LogP contribution in [0.4, 0.5) is 0 Å². The zero-order valence-electron chi connectivity index (χ0n) is 11.4. The Morgan fingerprint density at radius 3 is 2.65 bits per heavy atom. The molecule has 0 saturated heterocycles. The van der Waals surface area contributed by atoms with Crippen LogP contribution < -0.4 is 9.88 Å². The summed E-state index contributed by atoms with van der Waals surface area (Å²) in [7, 11) is -3.89. The second-order valence-corrected chi connectivity index (χ2v) is 7.05. The van der Waals surface area contributed by atoms with E-state index in [9.17, 15) is 8.42 Å². The van der Waals surface area contributed by atoms with E-state index in [-0.39, 0.29) is 15.7 Å². The monoisotopic (exact) mass is 316 g/mol. The highest BCUT2D eigenvalue weighted by atomic mass is 35.5. The van der Waals surface area contributed by atoms with Gasteiger partial charge in [-0.1, -0.05) is 11.6 Å². The molecule has 1 rings (SSSR count). The normalized spacial score (nSPS) is 11.9. The van der Waals surface area contributed by atoms with Crippen molar-refractivity contribution < 1.29 is 13.2 Å². The maximum Gasteiger partial charge on any atom is 0.241 e. The molecule has 0 heterocycles. The fourth-order valence-electron chi connectivity index (χ4n) is 1.58. The smallest absolute Gasteiger partial charge is 0.241 e. The molecule has 0 bridgehead atoms. The van der Waals surface area contributed by atoms with Gasteiger partial charge in [0.15, 0.2) is 0 Å². The highest BCUT2D eigenvalue weighted by Gasteiger charge is 2.18. The van der Waals surface area contributed by atoms with Gasteiger partial charge in [-0.3, -0.25) is 0 Å². The lowest BCUT2D eigenvalue weighted by Crippen LogP contribution is -2.15. The molecule has 0 aliphatic rings. The summed E-state index contributed by atoms with van der Waals surface area (Å²) in [4.78, 5) is -0.135. The summed E-state index contributed by atoms with van der Waals surface area (Å²) in [6, 6.07) is 6.45. The summed E-state index contributed by atoms with van der Waals surface area (Å²) in [5.74, 6) is 0.173. The average molecular weight is 317 g/mol. The Balaban J connectivity index is 2.73. The highest BCUT2D eigenvalue weighted by Crippen LogP contribution is 2.27. The second kappa shape index (κ2) is 6.44. The number of halogens is 1. The molecular weight excluding hydrogens is 300 g/mol. The van der Waals surface area contributed by atoms with Gasteiger partial charge in [0.1, 0.15) is 10.6 Å². The summed E-state index contributed by atoms with van der Waals surface area (Å²) >= 11 is 5.75. The van der Waals surface area contributed by atoms with Gasteiger partial charge in [-0.05, 0) is 44.9 Å². The van der Waals surface area contributed by atoms with Gasteiger partial charge in [-0.25, -0.2) is 13.6 Å². The van der Waals surface area contributed by atoms with Gasteiger partial charge in [0.05, 0.1) is 18.1 Å². The first-order valence-electron chi connectivity index (χ1n) is 6.02. The van der Waals surface area contributed by atoms with E-state index in [1.165, 1.54) is 18.2 Å². The molecule has 0 spiro atoms. The van der Waals surface area contributed by atoms with E-state index in [4.69, 9.17) is 26.7 Å². The molecule has 1 aromatic carbocycles. The Kier molecular flexibility index (Phi) is 5.40. The molecule has 5 nitrogen and oxygen atoms in total. The predicted octanol–water partition coefficient (Wildman–Crippen LogP) is 2.70. The topological polar surface area (TPSA) is 93.2 Å². The van der Waals surface area contributed by atoms with Crippen LogP contribution in [0.3, 0.4) is 0 Å². The van der Waals surface area contributed by atoms with Crippen LogP contribution in [0.5, 0.6) is 5.75 Å².